The molecular formula is C98H102N8O+4. The third kappa shape index (κ3) is 13.2. The average molecular weight is 1410 g/mol. The van der Waals surface area contributed by atoms with E-state index in [0.717, 1.165) is 27.6 Å². The molecule has 17 aromatic rings. The van der Waals surface area contributed by atoms with E-state index in [9.17, 15) is 0 Å². The molecular weight excluding hydrogens is 1310 g/mol. The summed E-state index contributed by atoms with van der Waals surface area (Å²) in [6.45, 7) is 33.4. The number of hydrogen-bond donors (Lipinski definition) is 0. The highest BCUT2D eigenvalue weighted by Gasteiger charge is 2.33. The van der Waals surface area contributed by atoms with Gasteiger partial charge in [-0.2, -0.15) is 13.5 Å². The Bertz CT molecular complexity index is 6170. The van der Waals surface area contributed by atoms with Gasteiger partial charge in [0, 0.05) is 61.1 Å². The molecule has 17 rings (SSSR count). The monoisotopic (exact) mass is 1410 g/mol. The molecule has 0 amide bonds. The van der Waals surface area contributed by atoms with E-state index < -0.39 is 0 Å². The van der Waals surface area contributed by atoms with E-state index in [0.29, 0.717) is 29.4 Å². The van der Waals surface area contributed by atoms with E-state index >= 15 is 0 Å². The molecule has 0 aliphatic carbocycles. The number of nitrogens with zero attached hydrogens (tertiary/aromatic N) is 8. The molecule has 107 heavy (non-hydrogen) atoms. The fourth-order valence-corrected chi connectivity index (χ4v) is 16.4. The second-order valence-electron chi connectivity index (χ2n) is 30.6. The SMILES string of the molecule is Cc1ccc2c(n1)oc1c(-c3c4ccccc4cc[n+]3C)c(C)ccc12.Cc1cccc(C)c1-c1c[n+](C)c2c3c(C)cccc3c3ccccc3n12.Cc1ccccc1-c1n(-c2c(C(C)C)cccc2C(C)C)c2ccccc2[n+]1C.Cc1ccccc1-c1n(-c2c(C(C)C)cccc2C(C)C)cc[n+]1C. The summed E-state index contributed by atoms with van der Waals surface area (Å²) in [5, 5.41) is 8.57. The van der Waals surface area contributed by atoms with Crippen molar-refractivity contribution in [2.45, 2.75) is 128 Å². The third-order valence-electron chi connectivity index (χ3n) is 21.8. The van der Waals surface area contributed by atoms with Gasteiger partial charge < -0.3 is 4.42 Å². The molecule has 9 heteroatoms. The summed E-state index contributed by atoms with van der Waals surface area (Å²) >= 11 is 0. The number of furan rings is 1. The van der Waals surface area contributed by atoms with E-state index in [2.05, 4.69) is 405 Å². The van der Waals surface area contributed by atoms with Crippen molar-refractivity contribution in [2.75, 3.05) is 0 Å². The Hall–Kier alpha value is -11.6. The number of pyridine rings is 3. The minimum absolute atomic E-state index is 0.444. The van der Waals surface area contributed by atoms with E-state index in [1.165, 1.54) is 156 Å². The van der Waals surface area contributed by atoms with Crippen molar-refractivity contribution in [1.82, 2.24) is 18.5 Å². The lowest BCUT2D eigenvalue weighted by Crippen LogP contribution is -2.30. The number of imidazole rings is 3. The molecule has 0 saturated heterocycles. The maximum absolute atomic E-state index is 6.28. The van der Waals surface area contributed by atoms with Gasteiger partial charge in [-0.15, -0.1) is 0 Å². The van der Waals surface area contributed by atoms with Crippen LogP contribution < -0.4 is 18.3 Å². The summed E-state index contributed by atoms with van der Waals surface area (Å²) in [5.41, 5.74) is 31.0. The molecule has 7 aromatic heterocycles. The fraction of sp³-hybridized carbons (Fsp3) is 0.235. The molecule has 536 valence electrons. The van der Waals surface area contributed by atoms with Crippen LogP contribution in [0, 0.1) is 48.5 Å². The van der Waals surface area contributed by atoms with Crippen LogP contribution in [0.4, 0.5) is 0 Å². The highest BCUT2D eigenvalue weighted by molar-refractivity contribution is 6.13. The van der Waals surface area contributed by atoms with Crippen molar-refractivity contribution in [2.24, 2.45) is 28.2 Å². The minimum atomic E-state index is 0.444. The van der Waals surface area contributed by atoms with Gasteiger partial charge in [0.1, 0.15) is 42.5 Å². The molecule has 0 aliphatic heterocycles. The van der Waals surface area contributed by atoms with Crippen LogP contribution in [0.15, 0.2) is 254 Å². The quantitative estimate of drug-likeness (QED) is 0.101. The van der Waals surface area contributed by atoms with Crippen molar-refractivity contribution in [3.63, 3.8) is 0 Å². The van der Waals surface area contributed by atoms with Crippen LogP contribution in [0.25, 0.3) is 128 Å². The zero-order valence-corrected chi connectivity index (χ0v) is 66.0. The van der Waals surface area contributed by atoms with Crippen LogP contribution in [0.5, 0.6) is 0 Å². The van der Waals surface area contributed by atoms with E-state index in [-0.39, 0.29) is 0 Å². The Morgan fingerprint density at radius 1 is 0.383 bits per heavy atom. The maximum atomic E-state index is 6.28. The lowest BCUT2D eigenvalue weighted by atomic mass is 9.92. The fourth-order valence-electron chi connectivity index (χ4n) is 16.4. The van der Waals surface area contributed by atoms with Crippen LogP contribution in [0.1, 0.15) is 140 Å². The number of benzene rings is 10. The van der Waals surface area contributed by atoms with E-state index in [4.69, 9.17) is 4.42 Å². The van der Waals surface area contributed by atoms with Crippen molar-refractivity contribution in [3.05, 3.63) is 311 Å². The molecule has 10 aromatic carbocycles. The summed E-state index contributed by atoms with van der Waals surface area (Å²) in [7, 11) is 8.57. The smallest absolute Gasteiger partial charge is 0.295 e. The highest BCUT2D eigenvalue weighted by Crippen LogP contribution is 2.42. The van der Waals surface area contributed by atoms with Crippen molar-refractivity contribution >= 4 is 71.2 Å². The number of fused-ring (bicyclic) bond motifs is 11. The normalized spacial score (nSPS) is 11.7. The average Bonchev–Trinajstić information content (AvgIpc) is 1.60. The maximum Gasteiger partial charge on any atom is 0.295 e. The number of aryl methyl sites for hydroxylation is 11. The molecule has 0 atom stereocenters. The second-order valence-corrected chi connectivity index (χ2v) is 30.6. The van der Waals surface area contributed by atoms with Gasteiger partial charge in [-0.05, 0) is 159 Å². The number of rotatable bonds is 10. The zero-order chi connectivity index (χ0) is 75.4. The molecule has 0 bridgehead atoms. The van der Waals surface area contributed by atoms with Crippen molar-refractivity contribution in [3.8, 4) is 56.7 Å². The first-order valence-corrected chi connectivity index (χ1v) is 38.0. The van der Waals surface area contributed by atoms with Crippen LogP contribution in [-0.4, -0.2) is 18.5 Å². The summed E-state index contributed by atoms with van der Waals surface area (Å²) < 4.78 is 22.6. The summed E-state index contributed by atoms with van der Waals surface area (Å²) in [4.78, 5) is 4.59. The first-order chi connectivity index (χ1) is 51.5. The molecule has 0 aliphatic rings. The molecule has 9 nitrogen and oxygen atoms in total. The van der Waals surface area contributed by atoms with Gasteiger partial charge in [-0.1, -0.05) is 225 Å². The summed E-state index contributed by atoms with van der Waals surface area (Å²) in [6.07, 6.45) is 8.75. The van der Waals surface area contributed by atoms with Crippen LogP contribution in [-0.2, 0) is 28.2 Å². The second kappa shape index (κ2) is 29.8. The number of aromatic nitrogens is 8. The Kier molecular flexibility index (Phi) is 20.1. The third-order valence-corrected chi connectivity index (χ3v) is 21.8. The molecule has 7 heterocycles. The molecule has 0 N–H and O–H groups in total. The molecule has 0 unspecified atom stereocenters. The Morgan fingerprint density at radius 3 is 1.52 bits per heavy atom. The largest absolute Gasteiger partial charge is 0.437 e. The zero-order valence-electron chi connectivity index (χ0n) is 66.0. The van der Waals surface area contributed by atoms with Crippen LogP contribution in [0.2, 0.25) is 0 Å². The first kappa shape index (κ1) is 72.4. The number of hydrogen-bond acceptors (Lipinski definition) is 2. The molecule has 0 spiro atoms. The van der Waals surface area contributed by atoms with Gasteiger partial charge in [0.2, 0.25) is 11.4 Å². The van der Waals surface area contributed by atoms with Gasteiger partial charge in [0.05, 0.1) is 48.6 Å². The Morgan fingerprint density at radius 2 is 0.888 bits per heavy atom. The van der Waals surface area contributed by atoms with E-state index in [1.54, 1.807) is 0 Å². The van der Waals surface area contributed by atoms with Gasteiger partial charge in [-0.25, -0.2) is 23.3 Å². The van der Waals surface area contributed by atoms with Crippen LogP contribution >= 0.6 is 0 Å². The predicted octanol–water partition coefficient (Wildman–Crippen LogP) is 23.1. The van der Waals surface area contributed by atoms with Gasteiger partial charge in [0.15, 0.2) is 28.5 Å². The number of para-hydroxylation sites is 5. The van der Waals surface area contributed by atoms with Crippen molar-refractivity contribution < 1.29 is 22.7 Å². The molecule has 0 radical (unpaired) electrons. The lowest BCUT2D eigenvalue weighted by Gasteiger charge is -2.18. The summed E-state index contributed by atoms with van der Waals surface area (Å²) in [6, 6.07) is 80.6. The van der Waals surface area contributed by atoms with Gasteiger partial charge >= 0.3 is 0 Å². The lowest BCUT2D eigenvalue weighted by molar-refractivity contribution is -0.659. The van der Waals surface area contributed by atoms with Gasteiger partial charge in [-0.3, -0.25) is 0 Å². The molecule has 0 fully saturated rings. The summed E-state index contributed by atoms with van der Waals surface area (Å²) in [5.74, 6) is 4.31. The van der Waals surface area contributed by atoms with E-state index in [1.807, 2.05) is 13.0 Å². The highest BCUT2D eigenvalue weighted by atomic mass is 16.3. The topological polar surface area (TPSA) is 55.8 Å². The van der Waals surface area contributed by atoms with Crippen LogP contribution in [0.3, 0.4) is 0 Å². The Labute approximate surface area is 631 Å². The minimum Gasteiger partial charge on any atom is -0.437 e. The standard InChI is InChI=1S/C27H31N2.C25H23N2.C23H19N2O.C23H29N2/c1-18(2)21-14-11-15-22(19(3)4)26(21)29-25-17-10-9-16-24(25)28(6)27(29)23-13-8-7-12-20(23)5;1-16-9-7-10-17(2)23(16)22-15-26(4)25-24-18(3)11-8-13-20(24)19-12-5-6-14-21(19)27(22)25;1-14-8-10-18-19-11-9-15(2)24-23(19)26-22(18)20(14)21-17-7-5-4-6-16(17)12-13-25(21)3;1-16(2)19-12-9-13-20(17(3)4)22(19)25-15-14-24(6)23(25)21-11-8-7-10-18(21)5/h7-19H,1-6H3;5-15H,1-4H3;4-13H,1-3H3;7-17H,1-6H3/q4*+1. The van der Waals surface area contributed by atoms with Gasteiger partial charge in [0.25, 0.3) is 17.3 Å². The predicted molar refractivity (Wildman–Crippen MR) is 446 cm³/mol. The first-order valence-electron chi connectivity index (χ1n) is 38.0. The Balaban J connectivity index is 0.000000120. The molecule has 0 saturated carbocycles. The van der Waals surface area contributed by atoms with Crippen molar-refractivity contribution in [1.29, 1.82) is 0 Å².